The number of hydrogen-bond donors (Lipinski definition) is 4. The molecule has 5 heterocycles. The van der Waals surface area contributed by atoms with Crippen LogP contribution in [0.5, 0.6) is 0 Å². The minimum atomic E-state index is 0.512. The third-order valence-electron chi connectivity index (χ3n) is 6.85. The fourth-order valence-electron chi connectivity index (χ4n) is 5.19. The molecule has 3 aromatic rings. The zero-order chi connectivity index (χ0) is 21.3. The first kappa shape index (κ1) is 19.5. The molecule has 1 saturated carbocycles. The Hall–Kier alpha value is -3.20. The highest BCUT2D eigenvalue weighted by Gasteiger charge is 2.26. The second-order valence-corrected chi connectivity index (χ2v) is 8.98. The van der Waals surface area contributed by atoms with Crippen molar-refractivity contribution in [1.82, 2.24) is 35.4 Å². The van der Waals surface area contributed by atoms with Gasteiger partial charge in [-0.25, -0.2) is 4.98 Å². The quantitative estimate of drug-likeness (QED) is 0.472. The first-order valence-corrected chi connectivity index (χ1v) is 11.7. The number of aromatic nitrogens is 5. The predicted octanol–water partition coefficient (Wildman–Crippen LogP) is 3.18. The zero-order valence-corrected chi connectivity index (χ0v) is 18.1. The summed E-state index contributed by atoms with van der Waals surface area (Å²) in [4.78, 5) is 9.50. The van der Waals surface area contributed by atoms with Crippen molar-refractivity contribution in [3.05, 3.63) is 35.8 Å². The third kappa shape index (κ3) is 3.66. The van der Waals surface area contributed by atoms with E-state index in [1.54, 1.807) is 0 Å². The molecule has 166 valence electrons. The van der Waals surface area contributed by atoms with Crippen LogP contribution in [0.25, 0.3) is 17.1 Å². The first-order chi connectivity index (χ1) is 15.8. The Morgan fingerprint density at radius 3 is 2.78 bits per heavy atom. The summed E-state index contributed by atoms with van der Waals surface area (Å²) in [6.45, 7) is 3.92. The summed E-state index contributed by atoms with van der Waals surface area (Å²) in [5, 5.41) is 23.1. The highest BCUT2D eigenvalue weighted by atomic mass is 15.3. The van der Waals surface area contributed by atoms with Gasteiger partial charge < -0.3 is 25.8 Å². The van der Waals surface area contributed by atoms with Gasteiger partial charge in [0.05, 0.1) is 6.54 Å². The number of rotatable bonds is 6. The zero-order valence-electron chi connectivity index (χ0n) is 18.1. The smallest absolute Gasteiger partial charge is 0.230 e. The summed E-state index contributed by atoms with van der Waals surface area (Å²) < 4.78 is 2.44. The van der Waals surface area contributed by atoms with Crippen molar-refractivity contribution in [1.29, 1.82) is 0 Å². The summed E-state index contributed by atoms with van der Waals surface area (Å²) in [5.41, 5.74) is 3.56. The Morgan fingerprint density at radius 1 is 1.09 bits per heavy atom. The Balaban J connectivity index is 1.24. The van der Waals surface area contributed by atoms with Crippen molar-refractivity contribution in [2.24, 2.45) is 5.92 Å². The number of anilines is 3. The van der Waals surface area contributed by atoms with Crippen molar-refractivity contribution in [2.75, 3.05) is 30.3 Å². The molecule has 1 atom stereocenters. The average Bonchev–Trinajstić information content (AvgIpc) is 3.59. The maximum atomic E-state index is 4.92. The van der Waals surface area contributed by atoms with E-state index in [1.807, 2.05) is 24.5 Å². The fraction of sp³-hybridized carbons (Fsp3) is 0.478. The SMILES string of the molecule is C1=Cc2c(n(C3CCCC3)c3nc(Nc4ccc(NCC5CCNC5)nn4)ncc23)CN1. The molecule has 3 aliphatic rings. The molecular formula is C23H29N9. The van der Waals surface area contributed by atoms with Gasteiger partial charge in [0.1, 0.15) is 11.5 Å². The van der Waals surface area contributed by atoms with Gasteiger partial charge in [0.2, 0.25) is 5.95 Å². The van der Waals surface area contributed by atoms with E-state index in [1.165, 1.54) is 43.4 Å². The molecule has 6 rings (SSSR count). The topological polar surface area (TPSA) is 105 Å². The average molecular weight is 432 g/mol. The van der Waals surface area contributed by atoms with E-state index in [0.717, 1.165) is 43.0 Å². The second-order valence-electron chi connectivity index (χ2n) is 8.98. The van der Waals surface area contributed by atoms with Crippen LogP contribution in [0.3, 0.4) is 0 Å². The van der Waals surface area contributed by atoms with Crippen LogP contribution in [0.15, 0.2) is 24.5 Å². The van der Waals surface area contributed by atoms with E-state index in [4.69, 9.17) is 4.98 Å². The summed E-state index contributed by atoms with van der Waals surface area (Å²) in [6, 6.07) is 4.38. The summed E-state index contributed by atoms with van der Waals surface area (Å²) in [7, 11) is 0. The Labute approximate surface area is 187 Å². The van der Waals surface area contributed by atoms with Gasteiger partial charge in [-0.1, -0.05) is 12.8 Å². The minimum absolute atomic E-state index is 0.512. The summed E-state index contributed by atoms with van der Waals surface area (Å²) in [5.74, 6) is 2.64. The van der Waals surface area contributed by atoms with Crippen molar-refractivity contribution in [2.45, 2.75) is 44.7 Å². The maximum Gasteiger partial charge on any atom is 0.230 e. The molecular weight excluding hydrogens is 402 g/mol. The lowest BCUT2D eigenvalue weighted by molar-refractivity contribution is 0.508. The van der Waals surface area contributed by atoms with Gasteiger partial charge in [0.25, 0.3) is 0 Å². The van der Waals surface area contributed by atoms with Gasteiger partial charge in [-0.15, -0.1) is 10.2 Å². The van der Waals surface area contributed by atoms with Crippen LogP contribution in [0.2, 0.25) is 0 Å². The number of fused-ring (bicyclic) bond motifs is 3. The van der Waals surface area contributed by atoms with Gasteiger partial charge in [0, 0.05) is 35.4 Å². The van der Waals surface area contributed by atoms with Crippen LogP contribution in [0, 0.1) is 5.92 Å². The summed E-state index contributed by atoms with van der Waals surface area (Å²) in [6.07, 6.45) is 12.3. The van der Waals surface area contributed by atoms with Gasteiger partial charge in [-0.2, -0.15) is 4.98 Å². The molecule has 4 N–H and O–H groups in total. The van der Waals surface area contributed by atoms with Crippen LogP contribution in [0.4, 0.5) is 17.6 Å². The molecule has 1 aliphatic carbocycles. The van der Waals surface area contributed by atoms with Gasteiger partial charge in [-0.3, -0.25) is 0 Å². The summed E-state index contributed by atoms with van der Waals surface area (Å²) >= 11 is 0. The molecule has 3 aromatic heterocycles. The van der Waals surface area contributed by atoms with Gasteiger partial charge in [0.15, 0.2) is 5.82 Å². The molecule has 0 aromatic carbocycles. The third-order valence-corrected chi connectivity index (χ3v) is 6.85. The Morgan fingerprint density at radius 2 is 1.97 bits per heavy atom. The Kier molecular flexibility index (Phi) is 5.10. The molecule has 2 fully saturated rings. The molecule has 9 heteroatoms. The van der Waals surface area contributed by atoms with E-state index < -0.39 is 0 Å². The van der Waals surface area contributed by atoms with Crippen LogP contribution >= 0.6 is 0 Å². The largest absolute Gasteiger partial charge is 0.385 e. The van der Waals surface area contributed by atoms with E-state index in [2.05, 4.69) is 47.1 Å². The van der Waals surface area contributed by atoms with Crippen molar-refractivity contribution in [3.63, 3.8) is 0 Å². The van der Waals surface area contributed by atoms with Crippen LogP contribution in [0.1, 0.15) is 49.4 Å². The standard InChI is InChI=1S/C23H29N9/c1-2-4-16(3-1)32-19-14-25-10-8-17(19)18-13-27-23(29-22(18)32)28-21-6-5-20(30-31-21)26-12-15-7-9-24-11-15/h5-6,8,10,13,15-16,24-25H,1-4,7,9,11-12,14H2,(H,26,30)(H,27,28,29,31). The molecule has 0 amide bonds. The lowest BCUT2D eigenvalue weighted by Gasteiger charge is -2.19. The van der Waals surface area contributed by atoms with Gasteiger partial charge in [-0.05, 0) is 62.7 Å². The molecule has 1 saturated heterocycles. The lowest BCUT2D eigenvalue weighted by Crippen LogP contribution is -2.18. The number of nitrogens with zero attached hydrogens (tertiary/aromatic N) is 5. The second kappa shape index (κ2) is 8.38. The normalized spacial score (nSPS) is 20.4. The van der Waals surface area contributed by atoms with E-state index >= 15 is 0 Å². The first-order valence-electron chi connectivity index (χ1n) is 11.7. The molecule has 32 heavy (non-hydrogen) atoms. The van der Waals surface area contributed by atoms with E-state index in [0.29, 0.717) is 23.7 Å². The highest BCUT2D eigenvalue weighted by Crippen LogP contribution is 2.37. The molecule has 1 unspecified atom stereocenters. The molecule has 0 bridgehead atoms. The van der Waals surface area contributed by atoms with E-state index in [-0.39, 0.29) is 0 Å². The van der Waals surface area contributed by atoms with Crippen LogP contribution < -0.4 is 21.3 Å². The minimum Gasteiger partial charge on any atom is -0.385 e. The highest BCUT2D eigenvalue weighted by molar-refractivity contribution is 5.89. The van der Waals surface area contributed by atoms with Crippen molar-refractivity contribution in [3.8, 4) is 0 Å². The van der Waals surface area contributed by atoms with Crippen LogP contribution in [-0.2, 0) is 6.54 Å². The Bertz CT molecular complexity index is 1120. The molecule has 9 nitrogen and oxygen atoms in total. The monoisotopic (exact) mass is 431 g/mol. The number of hydrogen-bond acceptors (Lipinski definition) is 8. The number of nitrogens with one attached hydrogen (secondary N) is 4. The molecule has 0 radical (unpaired) electrons. The van der Waals surface area contributed by atoms with Crippen molar-refractivity contribution >= 4 is 34.7 Å². The van der Waals surface area contributed by atoms with Crippen molar-refractivity contribution < 1.29 is 0 Å². The molecule has 2 aliphatic heterocycles. The van der Waals surface area contributed by atoms with E-state index in [9.17, 15) is 0 Å². The van der Waals surface area contributed by atoms with Crippen LogP contribution in [-0.4, -0.2) is 44.4 Å². The maximum absolute atomic E-state index is 4.92. The molecule has 0 spiro atoms. The van der Waals surface area contributed by atoms with Gasteiger partial charge >= 0.3 is 0 Å². The predicted molar refractivity (Wildman–Crippen MR) is 126 cm³/mol. The lowest BCUT2D eigenvalue weighted by atomic mass is 10.1. The fourth-order valence-corrected chi connectivity index (χ4v) is 5.19.